The number of carbonyl (C=O) groups excluding carboxylic acids is 1. The van der Waals surface area contributed by atoms with Crippen LogP contribution in [0.4, 0.5) is 14.9 Å². The lowest BCUT2D eigenvalue weighted by molar-refractivity contribution is 0.173. The maximum Gasteiger partial charge on any atom is 0.322 e. The molecule has 4 aromatic rings. The second-order valence-corrected chi connectivity index (χ2v) is 9.40. The van der Waals surface area contributed by atoms with E-state index in [9.17, 15) is 14.0 Å². The highest BCUT2D eigenvalue weighted by atomic mass is 35.5. The number of nitrogens with zero attached hydrogens (tertiary/aromatic N) is 4. The van der Waals surface area contributed by atoms with Gasteiger partial charge in [0, 0.05) is 23.8 Å². The molecule has 7 nitrogen and oxygen atoms in total. The number of urea groups is 1. The van der Waals surface area contributed by atoms with Crippen LogP contribution in [0, 0.1) is 5.82 Å². The van der Waals surface area contributed by atoms with Crippen LogP contribution < -0.4 is 10.9 Å². The Labute approximate surface area is 220 Å². The summed E-state index contributed by atoms with van der Waals surface area (Å²) in [5, 5.41) is 3.95. The molecule has 0 radical (unpaired) electrons. The van der Waals surface area contributed by atoms with Crippen LogP contribution in [0.2, 0.25) is 5.02 Å². The van der Waals surface area contributed by atoms with Gasteiger partial charge in [-0.05, 0) is 81.2 Å². The zero-order valence-corrected chi connectivity index (χ0v) is 21.7. The van der Waals surface area contributed by atoms with Crippen LogP contribution in [0.3, 0.4) is 0 Å². The fraction of sp³-hybridized carbons (Fsp3) is 0.250. The number of anilines is 1. The summed E-state index contributed by atoms with van der Waals surface area (Å²) in [6, 6.07) is 18.8. The van der Waals surface area contributed by atoms with Crippen LogP contribution >= 0.6 is 11.6 Å². The van der Waals surface area contributed by atoms with Crippen molar-refractivity contribution in [2.24, 2.45) is 0 Å². The summed E-state index contributed by atoms with van der Waals surface area (Å²) in [6.45, 7) is 2.93. The van der Waals surface area contributed by atoms with Gasteiger partial charge in [0.25, 0.3) is 5.56 Å². The van der Waals surface area contributed by atoms with Gasteiger partial charge in [0.15, 0.2) is 0 Å². The molecule has 0 saturated carbocycles. The molecular weight excluding hydrogens is 493 g/mol. The van der Waals surface area contributed by atoms with E-state index in [2.05, 4.69) is 5.32 Å². The molecule has 1 atom stereocenters. The van der Waals surface area contributed by atoms with Crippen LogP contribution in [0.5, 0.6) is 0 Å². The molecule has 1 N–H and O–H groups in total. The first-order valence-corrected chi connectivity index (χ1v) is 12.4. The minimum Gasteiger partial charge on any atom is -0.313 e. The van der Waals surface area contributed by atoms with E-state index in [4.69, 9.17) is 16.6 Å². The number of hydrogen-bond donors (Lipinski definition) is 1. The van der Waals surface area contributed by atoms with Gasteiger partial charge in [0.2, 0.25) is 0 Å². The van der Waals surface area contributed by atoms with E-state index in [1.165, 1.54) is 16.7 Å². The van der Waals surface area contributed by atoms with Crippen molar-refractivity contribution in [1.29, 1.82) is 0 Å². The second-order valence-electron chi connectivity index (χ2n) is 8.96. The lowest BCUT2D eigenvalue weighted by Gasteiger charge is -2.33. The van der Waals surface area contributed by atoms with Gasteiger partial charge in [-0.1, -0.05) is 30.7 Å². The van der Waals surface area contributed by atoms with Crippen molar-refractivity contribution >= 4 is 34.2 Å². The first-order valence-electron chi connectivity index (χ1n) is 12.0. The Bertz CT molecular complexity index is 1440. The van der Waals surface area contributed by atoms with Crippen molar-refractivity contribution in [3.05, 3.63) is 99.8 Å². The van der Waals surface area contributed by atoms with Crippen molar-refractivity contribution in [3.8, 4) is 5.69 Å². The maximum atomic E-state index is 13.7. The molecular formula is C28H29ClFN5O2. The zero-order valence-electron chi connectivity index (χ0n) is 21.0. The number of halogens is 2. The van der Waals surface area contributed by atoms with Crippen molar-refractivity contribution in [3.63, 3.8) is 0 Å². The minimum atomic E-state index is -0.547. The highest BCUT2D eigenvalue weighted by molar-refractivity contribution is 6.30. The van der Waals surface area contributed by atoms with Gasteiger partial charge in [-0.25, -0.2) is 14.2 Å². The Kier molecular flexibility index (Phi) is 8.21. The van der Waals surface area contributed by atoms with Crippen molar-refractivity contribution in [1.82, 2.24) is 19.4 Å². The second kappa shape index (κ2) is 11.5. The van der Waals surface area contributed by atoms with Crippen molar-refractivity contribution < 1.29 is 9.18 Å². The highest BCUT2D eigenvalue weighted by Gasteiger charge is 2.29. The molecule has 0 saturated heterocycles. The Morgan fingerprint density at radius 2 is 1.70 bits per heavy atom. The Morgan fingerprint density at radius 3 is 2.35 bits per heavy atom. The average molecular weight is 522 g/mol. The molecule has 0 bridgehead atoms. The number of amides is 2. The monoisotopic (exact) mass is 521 g/mol. The van der Waals surface area contributed by atoms with Gasteiger partial charge in [0.05, 0.1) is 22.6 Å². The van der Waals surface area contributed by atoms with E-state index < -0.39 is 11.9 Å². The molecule has 3 aromatic carbocycles. The Hall–Kier alpha value is -3.75. The third kappa shape index (κ3) is 5.98. The zero-order chi connectivity index (χ0) is 26.5. The molecule has 0 aliphatic rings. The van der Waals surface area contributed by atoms with Gasteiger partial charge in [-0.3, -0.25) is 9.36 Å². The van der Waals surface area contributed by atoms with Crippen LogP contribution in [0.1, 0.15) is 25.2 Å². The number of likely N-dealkylation sites (N-methyl/N-ethyl adjacent to an activating group) is 1. The summed E-state index contributed by atoms with van der Waals surface area (Å²) in [5.41, 5.74) is 1.33. The molecule has 9 heteroatoms. The minimum absolute atomic E-state index is 0.281. The molecule has 4 rings (SSSR count). The number of para-hydroxylation sites is 1. The number of aromatic nitrogens is 2. The molecule has 0 spiro atoms. The maximum absolute atomic E-state index is 13.7. The molecule has 0 aliphatic heterocycles. The van der Waals surface area contributed by atoms with E-state index in [0.717, 1.165) is 0 Å². The number of rotatable bonds is 8. The van der Waals surface area contributed by atoms with Crippen molar-refractivity contribution in [2.75, 3.05) is 32.5 Å². The standard InChI is InChI=1S/C28H29ClFN5O2/c1-4-25(34(18-17-33(2)3)28(37)31-21-13-9-19(29)10-14-21)26-32-24-8-6-5-7-23(24)27(36)35(26)22-15-11-20(30)12-16-22/h5-16,25H,4,17-18H2,1-3H3,(H,31,37). The van der Waals surface area contributed by atoms with Gasteiger partial charge < -0.3 is 15.1 Å². The Balaban J connectivity index is 1.85. The van der Waals surface area contributed by atoms with E-state index in [1.54, 1.807) is 59.5 Å². The molecule has 0 fully saturated rings. The van der Waals surface area contributed by atoms with Crippen LogP contribution in [-0.2, 0) is 0 Å². The fourth-order valence-corrected chi connectivity index (χ4v) is 4.32. The Morgan fingerprint density at radius 1 is 1.03 bits per heavy atom. The fourth-order valence-electron chi connectivity index (χ4n) is 4.19. The molecule has 0 aliphatic carbocycles. The van der Waals surface area contributed by atoms with Crippen LogP contribution in [0.25, 0.3) is 16.6 Å². The quantitative estimate of drug-likeness (QED) is 0.322. The molecule has 1 heterocycles. The van der Waals surface area contributed by atoms with Crippen LogP contribution in [-0.4, -0.2) is 52.6 Å². The summed E-state index contributed by atoms with van der Waals surface area (Å²) in [7, 11) is 3.86. The van der Waals surface area contributed by atoms with Gasteiger partial charge >= 0.3 is 6.03 Å². The largest absolute Gasteiger partial charge is 0.322 e. The average Bonchev–Trinajstić information content (AvgIpc) is 2.88. The van der Waals surface area contributed by atoms with E-state index in [0.29, 0.717) is 52.6 Å². The third-order valence-corrected chi connectivity index (χ3v) is 6.34. The molecule has 37 heavy (non-hydrogen) atoms. The van der Waals surface area contributed by atoms with E-state index in [1.807, 2.05) is 32.0 Å². The number of fused-ring (bicyclic) bond motifs is 1. The number of hydrogen-bond acceptors (Lipinski definition) is 4. The highest BCUT2D eigenvalue weighted by Crippen LogP contribution is 2.27. The first-order chi connectivity index (χ1) is 17.8. The predicted octanol–water partition coefficient (Wildman–Crippen LogP) is 5.73. The summed E-state index contributed by atoms with van der Waals surface area (Å²) in [6.07, 6.45) is 0.493. The molecule has 1 aromatic heterocycles. The van der Waals surface area contributed by atoms with Gasteiger partial charge in [-0.2, -0.15) is 0 Å². The summed E-state index contributed by atoms with van der Waals surface area (Å²) >= 11 is 6.00. The van der Waals surface area contributed by atoms with E-state index >= 15 is 0 Å². The number of nitrogens with one attached hydrogen (secondary N) is 1. The summed E-state index contributed by atoms with van der Waals surface area (Å²) in [5.74, 6) is -0.00286. The number of benzene rings is 3. The van der Waals surface area contributed by atoms with Crippen LogP contribution in [0.15, 0.2) is 77.6 Å². The summed E-state index contributed by atoms with van der Waals surface area (Å²) < 4.78 is 15.2. The first kappa shape index (κ1) is 26.3. The van der Waals surface area contributed by atoms with Gasteiger partial charge in [-0.15, -0.1) is 0 Å². The normalized spacial score (nSPS) is 12.1. The number of carbonyl (C=O) groups is 1. The van der Waals surface area contributed by atoms with Crippen molar-refractivity contribution in [2.45, 2.75) is 19.4 Å². The molecule has 1 unspecified atom stereocenters. The lowest BCUT2D eigenvalue weighted by atomic mass is 10.1. The smallest absolute Gasteiger partial charge is 0.313 e. The lowest BCUT2D eigenvalue weighted by Crippen LogP contribution is -2.43. The third-order valence-electron chi connectivity index (χ3n) is 6.09. The van der Waals surface area contributed by atoms with E-state index in [-0.39, 0.29) is 11.6 Å². The molecule has 192 valence electrons. The van der Waals surface area contributed by atoms with Gasteiger partial charge in [0.1, 0.15) is 11.6 Å². The SMILES string of the molecule is CCC(c1nc2ccccc2c(=O)n1-c1ccc(F)cc1)N(CCN(C)C)C(=O)Nc1ccc(Cl)cc1. The summed E-state index contributed by atoms with van der Waals surface area (Å²) in [4.78, 5) is 35.9. The molecule has 2 amide bonds. The predicted molar refractivity (Wildman–Crippen MR) is 146 cm³/mol. The topological polar surface area (TPSA) is 70.5 Å².